The van der Waals surface area contributed by atoms with E-state index in [-0.39, 0.29) is 32.2 Å². The van der Waals surface area contributed by atoms with E-state index in [1.54, 1.807) is 0 Å². The van der Waals surface area contributed by atoms with E-state index >= 15 is 0 Å². The van der Waals surface area contributed by atoms with E-state index < -0.39 is 27.8 Å². The molecule has 0 saturated heterocycles. The third-order valence-corrected chi connectivity index (χ3v) is 4.09. The van der Waals surface area contributed by atoms with Gasteiger partial charge in [-0.15, -0.1) is 0 Å². The number of nitrogens with two attached hydrogens (primary N) is 1. The number of benzene rings is 1. The highest BCUT2D eigenvalue weighted by Gasteiger charge is 2.43. The summed E-state index contributed by atoms with van der Waals surface area (Å²) < 4.78 is 40.2. The zero-order valence-corrected chi connectivity index (χ0v) is 10.7. The van der Waals surface area contributed by atoms with Crippen molar-refractivity contribution >= 4 is 5.69 Å². The molecule has 0 aromatic heterocycles. The average molecular weight is 288 g/mol. The van der Waals surface area contributed by atoms with Gasteiger partial charge in [-0.3, -0.25) is 10.1 Å². The third kappa shape index (κ3) is 2.63. The van der Waals surface area contributed by atoms with Gasteiger partial charge in [-0.1, -0.05) is 6.07 Å². The van der Waals surface area contributed by atoms with E-state index in [1.165, 1.54) is 6.07 Å². The van der Waals surface area contributed by atoms with Crippen molar-refractivity contribution in [1.82, 2.24) is 0 Å². The summed E-state index contributed by atoms with van der Waals surface area (Å²) in [7, 11) is 0. The summed E-state index contributed by atoms with van der Waals surface area (Å²) >= 11 is 0. The minimum Gasteiger partial charge on any atom is -0.330 e. The van der Waals surface area contributed by atoms with Crippen LogP contribution in [0.25, 0.3) is 0 Å². The maximum Gasteiger partial charge on any atom is 0.304 e. The fourth-order valence-electron chi connectivity index (χ4n) is 2.69. The smallest absolute Gasteiger partial charge is 0.304 e. The highest BCUT2D eigenvalue weighted by molar-refractivity contribution is 5.39. The zero-order chi connectivity index (χ0) is 15.0. The Kier molecular flexibility index (Phi) is 3.73. The molecule has 1 fully saturated rings. The molecular formula is C13H15F3N2O2. The van der Waals surface area contributed by atoms with Gasteiger partial charge in [-0.2, -0.15) is 4.39 Å². The minimum absolute atomic E-state index is 0.111. The van der Waals surface area contributed by atoms with Crippen LogP contribution in [0.3, 0.4) is 0 Å². The zero-order valence-electron chi connectivity index (χ0n) is 10.7. The van der Waals surface area contributed by atoms with Gasteiger partial charge in [0.2, 0.25) is 11.7 Å². The van der Waals surface area contributed by atoms with Crippen molar-refractivity contribution < 1.29 is 18.1 Å². The highest BCUT2D eigenvalue weighted by Crippen LogP contribution is 2.45. The van der Waals surface area contributed by atoms with Crippen LogP contribution in [-0.2, 0) is 5.41 Å². The lowest BCUT2D eigenvalue weighted by Crippen LogP contribution is -2.42. The van der Waals surface area contributed by atoms with Crippen LogP contribution in [0.15, 0.2) is 18.2 Å². The van der Waals surface area contributed by atoms with Gasteiger partial charge in [-0.05, 0) is 24.5 Å². The van der Waals surface area contributed by atoms with Crippen LogP contribution in [0.4, 0.5) is 18.9 Å². The van der Waals surface area contributed by atoms with Crippen molar-refractivity contribution in [3.8, 4) is 0 Å². The SMILES string of the molecule is NCC1(c2ccc([N+](=O)[O-])c(F)c2)CCC(F)(F)CC1. The summed E-state index contributed by atoms with van der Waals surface area (Å²) in [5, 5.41) is 10.6. The van der Waals surface area contributed by atoms with Crippen LogP contribution in [0.1, 0.15) is 31.2 Å². The van der Waals surface area contributed by atoms with Crippen LogP contribution in [0, 0.1) is 15.9 Å². The van der Waals surface area contributed by atoms with Crippen LogP contribution in [0.5, 0.6) is 0 Å². The number of rotatable bonds is 3. The van der Waals surface area contributed by atoms with Gasteiger partial charge < -0.3 is 5.73 Å². The molecule has 1 saturated carbocycles. The maximum absolute atomic E-state index is 13.7. The molecule has 0 bridgehead atoms. The lowest BCUT2D eigenvalue weighted by Gasteiger charge is -2.39. The molecule has 2 rings (SSSR count). The van der Waals surface area contributed by atoms with E-state index in [4.69, 9.17) is 5.73 Å². The predicted molar refractivity (Wildman–Crippen MR) is 67.2 cm³/mol. The minimum atomic E-state index is -2.71. The van der Waals surface area contributed by atoms with Gasteiger partial charge in [0, 0.05) is 30.9 Å². The van der Waals surface area contributed by atoms with Crippen LogP contribution in [-0.4, -0.2) is 17.4 Å². The molecule has 0 amide bonds. The number of hydrogen-bond donors (Lipinski definition) is 1. The number of nitro benzene ring substituents is 1. The van der Waals surface area contributed by atoms with Gasteiger partial charge >= 0.3 is 5.69 Å². The van der Waals surface area contributed by atoms with E-state index in [0.717, 1.165) is 12.1 Å². The summed E-state index contributed by atoms with van der Waals surface area (Å²) in [5.74, 6) is -3.67. The molecule has 0 aliphatic heterocycles. The van der Waals surface area contributed by atoms with E-state index in [1.807, 2.05) is 0 Å². The fraction of sp³-hybridized carbons (Fsp3) is 0.538. The number of halogens is 3. The van der Waals surface area contributed by atoms with Gasteiger partial charge in [0.15, 0.2) is 0 Å². The van der Waals surface area contributed by atoms with Crippen LogP contribution in [0.2, 0.25) is 0 Å². The van der Waals surface area contributed by atoms with Crippen molar-refractivity contribution in [1.29, 1.82) is 0 Å². The number of nitrogens with zero attached hydrogens (tertiary/aromatic N) is 1. The Morgan fingerprint density at radius 1 is 1.25 bits per heavy atom. The van der Waals surface area contributed by atoms with E-state index in [2.05, 4.69) is 0 Å². The summed E-state index contributed by atoms with van der Waals surface area (Å²) in [5.41, 5.74) is 4.81. The first-order chi connectivity index (χ1) is 9.30. The second kappa shape index (κ2) is 5.05. The Morgan fingerprint density at radius 2 is 1.85 bits per heavy atom. The van der Waals surface area contributed by atoms with Crippen molar-refractivity contribution in [3.05, 3.63) is 39.7 Å². The standard InChI is InChI=1S/C13H15F3N2O2/c14-10-7-9(1-2-11(10)18(19)20)12(8-17)3-5-13(15,16)6-4-12/h1-2,7H,3-6,8,17H2. The van der Waals surface area contributed by atoms with Crippen molar-refractivity contribution in [2.75, 3.05) is 6.54 Å². The Morgan fingerprint density at radius 3 is 2.30 bits per heavy atom. The average Bonchev–Trinajstić information content (AvgIpc) is 2.39. The maximum atomic E-state index is 13.7. The molecule has 1 aliphatic carbocycles. The van der Waals surface area contributed by atoms with Crippen molar-refractivity contribution in [2.24, 2.45) is 5.73 Å². The molecule has 0 heterocycles. The molecule has 0 atom stereocenters. The van der Waals surface area contributed by atoms with Crippen LogP contribution >= 0.6 is 0 Å². The second-order valence-corrected chi connectivity index (χ2v) is 5.26. The summed E-state index contributed by atoms with van der Waals surface area (Å²) in [4.78, 5) is 9.77. The molecule has 110 valence electrons. The Bertz CT molecular complexity index is 524. The molecule has 4 nitrogen and oxygen atoms in total. The third-order valence-electron chi connectivity index (χ3n) is 4.09. The number of hydrogen-bond acceptors (Lipinski definition) is 3. The highest BCUT2D eigenvalue weighted by atomic mass is 19.3. The largest absolute Gasteiger partial charge is 0.330 e. The van der Waals surface area contributed by atoms with E-state index in [9.17, 15) is 23.3 Å². The first kappa shape index (κ1) is 14.8. The van der Waals surface area contributed by atoms with Gasteiger partial charge in [0.25, 0.3) is 0 Å². The quantitative estimate of drug-likeness (QED) is 0.686. The molecule has 2 N–H and O–H groups in total. The lowest BCUT2D eigenvalue weighted by atomic mass is 9.68. The molecule has 7 heteroatoms. The Labute approximate surface area is 113 Å². The summed E-state index contributed by atoms with van der Waals surface area (Å²) in [6, 6.07) is 3.53. The molecule has 1 aliphatic rings. The molecule has 0 spiro atoms. The van der Waals surface area contributed by atoms with Gasteiger partial charge in [0.05, 0.1) is 4.92 Å². The number of alkyl halides is 2. The number of nitro groups is 1. The van der Waals surface area contributed by atoms with Gasteiger partial charge in [0.1, 0.15) is 0 Å². The van der Waals surface area contributed by atoms with Gasteiger partial charge in [-0.25, -0.2) is 8.78 Å². The van der Waals surface area contributed by atoms with E-state index in [0.29, 0.717) is 5.56 Å². The lowest BCUT2D eigenvalue weighted by molar-refractivity contribution is -0.387. The second-order valence-electron chi connectivity index (χ2n) is 5.26. The first-order valence-corrected chi connectivity index (χ1v) is 6.32. The monoisotopic (exact) mass is 288 g/mol. The van der Waals surface area contributed by atoms with Crippen molar-refractivity contribution in [3.63, 3.8) is 0 Å². The Hall–Kier alpha value is -1.63. The molecular weight excluding hydrogens is 273 g/mol. The first-order valence-electron chi connectivity index (χ1n) is 6.32. The summed E-state index contributed by atoms with van der Waals surface area (Å²) in [6.07, 6.45) is -0.312. The Balaban J connectivity index is 2.33. The van der Waals surface area contributed by atoms with Crippen LogP contribution < -0.4 is 5.73 Å². The molecule has 0 radical (unpaired) electrons. The molecule has 20 heavy (non-hydrogen) atoms. The molecule has 1 aromatic carbocycles. The molecule has 0 unspecified atom stereocenters. The predicted octanol–water partition coefficient (Wildman–Crippen LogP) is 3.14. The molecule has 1 aromatic rings. The summed E-state index contributed by atoms with van der Waals surface area (Å²) in [6.45, 7) is 0.111. The fourth-order valence-corrected chi connectivity index (χ4v) is 2.69. The van der Waals surface area contributed by atoms with Crippen molar-refractivity contribution in [2.45, 2.75) is 37.0 Å². The topological polar surface area (TPSA) is 69.2 Å². The normalized spacial score (nSPS) is 20.6.